The average molecular weight is 250 g/mol. The smallest absolute Gasteiger partial charge is 0.254 e. The van der Waals surface area contributed by atoms with Gasteiger partial charge in [0.25, 0.3) is 5.91 Å². The molecule has 1 heterocycles. The summed E-state index contributed by atoms with van der Waals surface area (Å²) >= 11 is 0. The lowest BCUT2D eigenvalue weighted by atomic mass is 9.99. The summed E-state index contributed by atoms with van der Waals surface area (Å²) in [5.41, 5.74) is 1.02. The van der Waals surface area contributed by atoms with Crippen LogP contribution in [0.3, 0.4) is 0 Å². The van der Waals surface area contributed by atoms with Crippen LogP contribution in [0, 0.1) is 12.7 Å². The van der Waals surface area contributed by atoms with Gasteiger partial charge in [-0.15, -0.1) is 0 Å². The van der Waals surface area contributed by atoms with Gasteiger partial charge < -0.3 is 10.6 Å². The summed E-state index contributed by atoms with van der Waals surface area (Å²) in [7, 11) is 0. The van der Waals surface area contributed by atoms with Crippen molar-refractivity contribution < 1.29 is 9.18 Å². The van der Waals surface area contributed by atoms with Crippen LogP contribution in [-0.2, 0) is 0 Å². The Kier molecular flexibility index (Phi) is 3.97. The minimum Gasteiger partial charge on any atom is -0.348 e. The van der Waals surface area contributed by atoms with E-state index >= 15 is 0 Å². The number of carbonyl (C=O) groups excluding carboxylic acids is 1. The molecule has 98 valence electrons. The average Bonchev–Trinajstić information content (AvgIpc) is 2.35. The molecule has 0 radical (unpaired) electrons. The van der Waals surface area contributed by atoms with Gasteiger partial charge in [0, 0.05) is 12.1 Å². The van der Waals surface area contributed by atoms with Crippen molar-refractivity contribution in [1.29, 1.82) is 0 Å². The lowest BCUT2D eigenvalue weighted by Gasteiger charge is -2.30. The van der Waals surface area contributed by atoms with Gasteiger partial charge in [0.1, 0.15) is 5.82 Å². The fourth-order valence-corrected chi connectivity index (χ4v) is 2.30. The third-order valence-electron chi connectivity index (χ3n) is 3.44. The first kappa shape index (κ1) is 13.0. The molecule has 2 N–H and O–H groups in total. The predicted molar refractivity (Wildman–Crippen MR) is 69.1 cm³/mol. The summed E-state index contributed by atoms with van der Waals surface area (Å²) in [6.07, 6.45) is 1.97. The highest BCUT2D eigenvalue weighted by atomic mass is 19.1. The Morgan fingerprint density at radius 1 is 1.50 bits per heavy atom. The minimum atomic E-state index is -0.463. The summed E-state index contributed by atoms with van der Waals surface area (Å²) in [6.45, 7) is 4.87. The molecule has 1 aromatic carbocycles. The summed E-state index contributed by atoms with van der Waals surface area (Å²) < 4.78 is 13.6. The first-order valence-corrected chi connectivity index (χ1v) is 6.38. The molecule has 2 rings (SSSR count). The normalized spacial score (nSPS) is 23.7. The Labute approximate surface area is 107 Å². The van der Waals surface area contributed by atoms with E-state index in [9.17, 15) is 9.18 Å². The molecule has 18 heavy (non-hydrogen) atoms. The van der Waals surface area contributed by atoms with Crippen LogP contribution in [0.15, 0.2) is 18.2 Å². The monoisotopic (exact) mass is 250 g/mol. The molecule has 1 amide bonds. The topological polar surface area (TPSA) is 41.1 Å². The number of amides is 1. The third kappa shape index (κ3) is 2.88. The van der Waals surface area contributed by atoms with Crippen molar-refractivity contribution in [3.63, 3.8) is 0 Å². The summed E-state index contributed by atoms with van der Waals surface area (Å²) in [4.78, 5) is 12.1. The van der Waals surface area contributed by atoms with Crippen molar-refractivity contribution >= 4 is 5.91 Å². The van der Waals surface area contributed by atoms with Crippen LogP contribution in [0.4, 0.5) is 4.39 Å². The fraction of sp³-hybridized carbons (Fsp3) is 0.500. The van der Waals surface area contributed by atoms with Gasteiger partial charge in [-0.3, -0.25) is 4.79 Å². The molecule has 1 fully saturated rings. The molecule has 2 atom stereocenters. The van der Waals surface area contributed by atoms with E-state index in [4.69, 9.17) is 0 Å². The number of halogens is 1. The number of nitrogens with one attached hydrogen (secondary N) is 2. The number of carbonyl (C=O) groups is 1. The SMILES string of the molecule is Cc1ccc(F)c(C(=O)NC2CCCNC2C)c1. The van der Waals surface area contributed by atoms with Crippen molar-refractivity contribution in [2.45, 2.75) is 38.8 Å². The maximum atomic E-state index is 13.6. The maximum Gasteiger partial charge on any atom is 0.254 e. The molecule has 0 spiro atoms. The van der Waals surface area contributed by atoms with E-state index in [1.54, 1.807) is 12.1 Å². The Balaban J connectivity index is 2.09. The van der Waals surface area contributed by atoms with E-state index in [-0.39, 0.29) is 23.6 Å². The molecule has 3 nitrogen and oxygen atoms in total. The van der Waals surface area contributed by atoms with Crippen LogP contribution in [0.2, 0.25) is 0 Å². The van der Waals surface area contributed by atoms with Crippen molar-refractivity contribution in [3.8, 4) is 0 Å². The summed E-state index contributed by atoms with van der Waals surface area (Å²) in [5, 5.41) is 6.22. The molecular weight excluding hydrogens is 231 g/mol. The van der Waals surface area contributed by atoms with Crippen LogP contribution < -0.4 is 10.6 Å². The Bertz CT molecular complexity index is 447. The van der Waals surface area contributed by atoms with Gasteiger partial charge in [-0.25, -0.2) is 4.39 Å². The standard InChI is InChI=1S/C14H19FN2O/c1-9-5-6-12(15)11(8-9)14(18)17-13-4-3-7-16-10(13)2/h5-6,8,10,13,16H,3-4,7H2,1-2H3,(H,17,18). The van der Waals surface area contributed by atoms with E-state index in [0.29, 0.717) is 0 Å². The molecule has 0 aromatic heterocycles. The Hall–Kier alpha value is -1.42. The number of piperidine rings is 1. The fourth-order valence-electron chi connectivity index (χ4n) is 2.30. The highest BCUT2D eigenvalue weighted by Gasteiger charge is 2.23. The van der Waals surface area contributed by atoms with Crippen LogP contribution >= 0.6 is 0 Å². The van der Waals surface area contributed by atoms with Gasteiger partial charge in [-0.1, -0.05) is 11.6 Å². The molecule has 0 bridgehead atoms. The maximum absolute atomic E-state index is 13.6. The van der Waals surface area contributed by atoms with Gasteiger partial charge in [0.05, 0.1) is 5.56 Å². The zero-order valence-electron chi connectivity index (χ0n) is 10.8. The largest absolute Gasteiger partial charge is 0.348 e. The molecule has 1 saturated heterocycles. The van der Waals surface area contributed by atoms with E-state index in [1.807, 2.05) is 13.8 Å². The van der Waals surface area contributed by atoms with Crippen molar-refractivity contribution in [1.82, 2.24) is 10.6 Å². The minimum absolute atomic E-state index is 0.0752. The third-order valence-corrected chi connectivity index (χ3v) is 3.44. The lowest BCUT2D eigenvalue weighted by Crippen LogP contribution is -2.52. The highest BCUT2D eigenvalue weighted by molar-refractivity contribution is 5.94. The predicted octanol–water partition coefficient (Wildman–Crippen LogP) is 2.00. The number of hydrogen-bond acceptors (Lipinski definition) is 2. The number of rotatable bonds is 2. The van der Waals surface area contributed by atoms with Crippen molar-refractivity contribution in [3.05, 3.63) is 35.1 Å². The quantitative estimate of drug-likeness (QED) is 0.843. The van der Waals surface area contributed by atoms with Crippen LogP contribution in [0.1, 0.15) is 35.7 Å². The molecule has 1 aliphatic rings. The second kappa shape index (κ2) is 5.48. The van der Waals surface area contributed by atoms with E-state index in [0.717, 1.165) is 24.9 Å². The van der Waals surface area contributed by atoms with Crippen LogP contribution in [0.25, 0.3) is 0 Å². The highest BCUT2D eigenvalue weighted by Crippen LogP contribution is 2.13. The Morgan fingerprint density at radius 2 is 2.28 bits per heavy atom. The van der Waals surface area contributed by atoms with Crippen molar-refractivity contribution in [2.24, 2.45) is 0 Å². The molecular formula is C14H19FN2O. The zero-order valence-corrected chi connectivity index (χ0v) is 10.8. The van der Waals surface area contributed by atoms with Gasteiger partial charge >= 0.3 is 0 Å². The van der Waals surface area contributed by atoms with Gasteiger partial charge in [-0.05, 0) is 45.4 Å². The molecule has 0 saturated carbocycles. The first-order valence-electron chi connectivity index (χ1n) is 6.38. The van der Waals surface area contributed by atoms with E-state index in [2.05, 4.69) is 10.6 Å². The second-order valence-corrected chi connectivity index (χ2v) is 4.95. The zero-order chi connectivity index (χ0) is 13.1. The molecule has 4 heteroatoms. The van der Waals surface area contributed by atoms with Crippen LogP contribution in [-0.4, -0.2) is 24.5 Å². The number of hydrogen-bond donors (Lipinski definition) is 2. The lowest BCUT2D eigenvalue weighted by molar-refractivity contribution is 0.0915. The van der Waals surface area contributed by atoms with E-state index in [1.165, 1.54) is 6.07 Å². The summed E-state index contributed by atoms with van der Waals surface area (Å²) in [5.74, 6) is -0.786. The van der Waals surface area contributed by atoms with Gasteiger partial charge in [-0.2, -0.15) is 0 Å². The number of benzene rings is 1. The van der Waals surface area contributed by atoms with E-state index < -0.39 is 5.82 Å². The van der Waals surface area contributed by atoms with Crippen molar-refractivity contribution in [2.75, 3.05) is 6.54 Å². The van der Waals surface area contributed by atoms with Gasteiger partial charge in [0.15, 0.2) is 0 Å². The second-order valence-electron chi connectivity index (χ2n) is 4.95. The Morgan fingerprint density at radius 3 is 3.00 bits per heavy atom. The number of aryl methyl sites for hydroxylation is 1. The molecule has 0 aliphatic carbocycles. The molecule has 1 aromatic rings. The van der Waals surface area contributed by atoms with Gasteiger partial charge in [0.2, 0.25) is 0 Å². The molecule has 2 unspecified atom stereocenters. The molecule has 1 aliphatic heterocycles. The summed E-state index contributed by atoms with van der Waals surface area (Å²) in [6, 6.07) is 4.90. The van der Waals surface area contributed by atoms with Crippen LogP contribution in [0.5, 0.6) is 0 Å². The first-order chi connectivity index (χ1) is 8.58.